The van der Waals surface area contributed by atoms with E-state index in [1.807, 2.05) is 19.1 Å². The molecule has 5 nitrogen and oxygen atoms in total. The van der Waals surface area contributed by atoms with Crippen LogP contribution in [0.2, 0.25) is 0 Å². The van der Waals surface area contributed by atoms with Gasteiger partial charge in [0.15, 0.2) is 0 Å². The Morgan fingerprint density at radius 1 is 1.00 bits per heavy atom. The van der Waals surface area contributed by atoms with E-state index in [4.69, 9.17) is 4.42 Å². The lowest BCUT2D eigenvalue weighted by atomic mass is 9.49. The Labute approximate surface area is 189 Å². The second-order valence-electron chi connectivity index (χ2n) is 11.3. The Morgan fingerprint density at radius 2 is 1.66 bits per heavy atom. The number of hydrogen-bond donors (Lipinski definition) is 0. The molecule has 4 aliphatic carbocycles. The zero-order valence-electron chi connectivity index (χ0n) is 19.1. The minimum atomic E-state index is -0.289. The maximum atomic E-state index is 13.3. The maximum absolute atomic E-state index is 13.3. The van der Waals surface area contributed by atoms with Gasteiger partial charge in [0.05, 0.1) is 0 Å². The molecule has 32 heavy (non-hydrogen) atoms. The van der Waals surface area contributed by atoms with Crippen LogP contribution >= 0.6 is 0 Å². The largest absolute Gasteiger partial charge is 0.423 e. The van der Waals surface area contributed by atoms with Gasteiger partial charge in [-0.15, -0.1) is 0 Å². The zero-order chi connectivity index (χ0) is 21.9. The Balaban J connectivity index is 1.09. The first-order valence-electron chi connectivity index (χ1n) is 12.5. The molecule has 4 saturated carbocycles. The predicted octanol–water partition coefficient (Wildman–Crippen LogP) is 4.35. The van der Waals surface area contributed by atoms with Gasteiger partial charge in [0.1, 0.15) is 5.58 Å². The van der Waals surface area contributed by atoms with Gasteiger partial charge in [0.25, 0.3) is 0 Å². The van der Waals surface area contributed by atoms with E-state index in [1.165, 1.54) is 38.5 Å². The highest BCUT2D eigenvalue weighted by Gasteiger charge is 2.51. The normalized spacial score (nSPS) is 32.0. The third-order valence-corrected chi connectivity index (χ3v) is 8.80. The Kier molecular flexibility index (Phi) is 4.94. The van der Waals surface area contributed by atoms with Gasteiger partial charge in [-0.25, -0.2) is 4.79 Å². The fourth-order valence-corrected chi connectivity index (χ4v) is 7.80. The molecule has 5 heteroatoms. The number of fused-ring (bicyclic) bond motifs is 1. The van der Waals surface area contributed by atoms with Crippen LogP contribution in [0.4, 0.5) is 0 Å². The maximum Gasteiger partial charge on any atom is 0.336 e. The average Bonchev–Trinajstić information content (AvgIpc) is 2.72. The second kappa shape index (κ2) is 7.72. The van der Waals surface area contributed by atoms with E-state index in [-0.39, 0.29) is 5.63 Å². The molecule has 0 atom stereocenters. The number of hydrogen-bond acceptors (Lipinski definition) is 4. The summed E-state index contributed by atoms with van der Waals surface area (Å²) in [5, 5.41) is 1.01. The van der Waals surface area contributed by atoms with Gasteiger partial charge in [-0.05, 0) is 85.8 Å². The molecule has 170 valence electrons. The van der Waals surface area contributed by atoms with Crippen molar-refractivity contribution in [2.75, 3.05) is 26.2 Å². The fourth-order valence-electron chi connectivity index (χ4n) is 7.80. The van der Waals surface area contributed by atoms with E-state index in [1.54, 1.807) is 6.07 Å². The first kappa shape index (κ1) is 20.5. The van der Waals surface area contributed by atoms with Gasteiger partial charge in [0, 0.05) is 50.6 Å². The van der Waals surface area contributed by atoms with Crippen molar-refractivity contribution in [1.29, 1.82) is 0 Å². The molecule has 0 unspecified atom stereocenters. The smallest absolute Gasteiger partial charge is 0.336 e. The van der Waals surface area contributed by atoms with Crippen LogP contribution in [0, 0.1) is 30.1 Å². The molecular weight excluding hydrogens is 400 g/mol. The van der Waals surface area contributed by atoms with Gasteiger partial charge in [0.2, 0.25) is 5.91 Å². The lowest BCUT2D eigenvalue weighted by Gasteiger charge is -2.57. The number of carbonyl (C=O) groups excluding carboxylic acids is 1. The summed E-state index contributed by atoms with van der Waals surface area (Å²) in [7, 11) is 0. The van der Waals surface area contributed by atoms with Crippen molar-refractivity contribution in [2.45, 2.75) is 58.4 Å². The summed E-state index contributed by atoms with van der Waals surface area (Å²) in [6, 6.07) is 7.67. The average molecular weight is 435 g/mol. The van der Waals surface area contributed by atoms with Crippen molar-refractivity contribution in [3.8, 4) is 0 Å². The molecule has 0 spiro atoms. The quantitative estimate of drug-likeness (QED) is 0.672. The Morgan fingerprint density at radius 3 is 2.31 bits per heavy atom. The zero-order valence-corrected chi connectivity index (χ0v) is 19.1. The second-order valence-corrected chi connectivity index (χ2v) is 11.3. The summed E-state index contributed by atoms with van der Waals surface area (Å²) < 4.78 is 5.41. The SMILES string of the molecule is Cc1ccc2c(CN3CCN(C(=O)CC45CC6CC(CC(C6)C4)C5)CC3)cc(=O)oc2c1. The molecule has 1 aliphatic heterocycles. The number of carbonyl (C=O) groups is 1. The summed E-state index contributed by atoms with van der Waals surface area (Å²) >= 11 is 0. The van der Waals surface area contributed by atoms with Crippen molar-refractivity contribution in [3.63, 3.8) is 0 Å². The predicted molar refractivity (Wildman–Crippen MR) is 124 cm³/mol. The van der Waals surface area contributed by atoms with Crippen molar-refractivity contribution in [1.82, 2.24) is 9.80 Å². The number of benzene rings is 1. The van der Waals surface area contributed by atoms with Crippen molar-refractivity contribution in [2.24, 2.45) is 23.2 Å². The topological polar surface area (TPSA) is 53.8 Å². The van der Waals surface area contributed by atoms with Gasteiger partial charge in [-0.3, -0.25) is 9.69 Å². The molecule has 1 aromatic heterocycles. The van der Waals surface area contributed by atoms with E-state index < -0.39 is 0 Å². The number of piperazine rings is 1. The lowest BCUT2D eigenvalue weighted by Crippen LogP contribution is -2.52. The highest BCUT2D eigenvalue weighted by molar-refractivity contribution is 5.80. The Bertz CT molecular complexity index is 1060. The first-order chi connectivity index (χ1) is 15.4. The Hall–Kier alpha value is -2.14. The van der Waals surface area contributed by atoms with Crippen LogP contribution < -0.4 is 5.63 Å². The summed E-state index contributed by atoms with van der Waals surface area (Å²) in [5.74, 6) is 3.07. The van der Waals surface area contributed by atoms with E-state index in [0.29, 0.717) is 16.9 Å². The summed E-state index contributed by atoms with van der Waals surface area (Å²) in [6.45, 7) is 6.04. The van der Waals surface area contributed by atoms with Crippen molar-refractivity contribution >= 4 is 16.9 Å². The number of aryl methyl sites for hydroxylation is 1. The molecule has 7 rings (SSSR count). The molecule has 5 aliphatic rings. The van der Waals surface area contributed by atoms with E-state index in [2.05, 4.69) is 15.9 Å². The van der Waals surface area contributed by atoms with Crippen LogP contribution in [0.1, 0.15) is 56.1 Å². The molecule has 1 saturated heterocycles. The van der Waals surface area contributed by atoms with Gasteiger partial charge in [-0.2, -0.15) is 0 Å². The molecule has 0 radical (unpaired) electrons. The van der Waals surface area contributed by atoms with Gasteiger partial charge in [-0.1, -0.05) is 12.1 Å². The highest BCUT2D eigenvalue weighted by atomic mass is 16.4. The first-order valence-corrected chi connectivity index (χ1v) is 12.5. The third kappa shape index (κ3) is 3.79. The molecular formula is C27H34N2O3. The number of rotatable bonds is 4. The summed E-state index contributed by atoms with van der Waals surface area (Å²) in [5.41, 5.74) is 2.80. The van der Waals surface area contributed by atoms with Crippen LogP contribution in [-0.4, -0.2) is 41.9 Å². The molecule has 2 heterocycles. The molecule has 0 N–H and O–H groups in total. The van der Waals surface area contributed by atoms with Crippen LogP contribution in [0.3, 0.4) is 0 Å². The fraction of sp³-hybridized carbons (Fsp3) is 0.630. The number of nitrogens with zero attached hydrogens (tertiary/aromatic N) is 2. The minimum absolute atomic E-state index is 0.289. The van der Waals surface area contributed by atoms with Crippen LogP contribution in [0.5, 0.6) is 0 Å². The van der Waals surface area contributed by atoms with E-state index >= 15 is 0 Å². The molecule has 2 aromatic rings. The third-order valence-electron chi connectivity index (χ3n) is 8.80. The summed E-state index contributed by atoms with van der Waals surface area (Å²) in [6.07, 6.45) is 8.96. The molecule has 4 bridgehead atoms. The highest BCUT2D eigenvalue weighted by Crippen LogP contribution is 2.61. The molecule has 5 fully saturated rings. The van der Waals surface area contributed by atoms with Crippen molar-refractivity contribution < 1.29 is 9.21 Å². The molecule has 1 amide bonds. The minimum Gasteiger partial charge on any atom is -0.423 e. The van der Waals surface area contributed by atoms with Crippen LogP contribution in [0.25, 0.3) is 11.0 Å². The van der Waals surface area contributed by atoms with Gasteiger partial charge >= 0.3 is 5.63 Å². The van der Waals surface area contributed by atoms with Crippen LogP contribution in [-0.2, 0) is 11.3 Å². The summed E-state index contributed by atoms with van der Waals surface area (Å²) in [4.78, 5) is 29.8. The van der Waals surface area contributed by atoms with E-state index in [9.17, 15) is 9.59 Å². The van der Waals surface area contributed by atoms with Crippen LogP contribution in [0.15, 0.2) is 33.5 Å². The monoisotopic (exact) mass is 434 g/mol. The van der Waals surface area contributed by atoms with Crippen molar-refractivity contribution in [3.05, 3.63) is 45.8 Å². The standard InChI is InChI=1S/C27H34N2O3/c1-18-2-3-23-22(12-26(31)32-24(23)8-18)17-28-4-6-29(7-5-28)25(30)16-27-13-19-9-20(14-27)11-21(10-19)15-27/h2-3,8,12,19-21H,4-7,9-11,13-17H2,1H3. The van der Waals surface area contributed by atoms with E-state index in [0.717, 1.165) is 73.4 Å². The molecule has 1 aromatic carbocycles. The number of amides is 1. The lowest BCUT2D eigenvalue weighted by molar-refractivity contribution is -0.141. The van der Waals surface area contributed by atoms with Gasteiger partial charge < -0.3 is 9.32 Å².